The van der Waals surface area contributed by atoms with Crippen LogP contribution >= 0.6 is 12.6 Å². The zero-order valence-electron chi connectivity index (χ0n) is 21.9. The van der Waals surface area contributed by atoms with Crippen LogP contribution in [0, 0.1) is 0 Å². The molecule has 13 nitrogen and oxygen atoms in total. The number of nitrogens with two attached hydrogens (primary N) is 2. The molecule has 0 radical (unpaired) electrons. The summed E-state index contributed by atoms with van der Waals surface area (Å²) in [6.07, 6.45) is 1.10. The number of carbonyl (C=O) groups is 5. The first-order valence-corrected chi connectivity index (χ1v) is 13.2. The quantitative estimate of drug-likeness (QED) is 0.110. The van der Waals surface area contributed by atoms with Crippen molar-refractivity contribution in [2.45, 2.75) is 43.4 Å². The Balaban J connectivity index is 1.76. The summed E-state index contributed by atoms with van der Waals surface area (Å²) in [6, 6.07) is 8.30. The molecule has 0 saturated carbocycles. The van der Waals surface area contributed by atoms with Gasteiger partial charge in [-0.2, -0.15) is 12.6 Å². The summed E-state index contributed by atoms with van der Waals surface area (Å²) in [4.78, 5) is 65.2. The first kappa shape index (κ1) is 31.0. The maximum atomic E-state index is 13.2. The number of carboxylic acids is 1. The topological polar surface area (TPSA) is 230 Å². The Morgan fingerprint density at radius 3 is 2.10 bits per heavy atom. The van der Waals surface area contributed by atoms with Crippen molar-refractivity contribution < 1.29 is 34.2 Å². The zero-order chi connectivity index (χ0) is 30.1. The van der Waals surface area contributed by atoms with Crippen molar-refractivity contribution in [3.05, 3.63) is 65.9 Å². The number of phenols is 1. The van der Waals surface area contributed by atoms with Gasteiger partial charge in [-0.05, 0) is 35.7 Å². The minimum Gasteiger partial charge on any atom is -0.508 e. The largest absolute Gasteiger partial charge is 0.508 e. The SMILES string of the molecule is NC(=O)CC(NC(=O)C(Cc1c[nH]c2ccccc12)NC(=O)C(CS)NC(=O)C(N)Cc1ccc(O)cc1)C(=O)O. The fourth-order valence-corrected chi connectivity index (χ4v) is 4.38. The van der Waals surface area contributed by atoms with Gasteiger partial charge in [-0.25, -0.2) is 4.79 Å². The van der Waals surface area contributed by atoms with Gasteiger partial charge in [-0.15, -0.1) is 0 Å². The molecule has 14 heteroatoms. The average Bonchev–Trinajstić information content (AvgIpc) is 3.34. The van der Waals surface area contributed by atoms with Gasteiger partial charge in [-0.3, -0.25) is 19.2 Å². The lowest BCUT2D eigenvalue weighted by Gasteiger charge is -2.24. The van der Waals surface area contributed by atoms with Crippen molar-refractivity contribution in [2.24, 2.45) is 11.5 Å². The first-order valence-electron chi connectivity index (χ1n) is 12.6. The minimum absolute atomic E-state index is 0.0436. The van der Waals surface area contributed by atoms with Crippen LogP contribution in [0.1, 0.15) is 17.5 Å². The Morgan fingerprint density at radius 2 is 1.46 bits per heavy atom. The minimum atomic E-state index is -1.61. The Morgan fingerprint density at radius 1 is 0.854 bits per heavy atom. The molecule has 4 unspecified atom stereocenters. The lowest BCUT2D eigenvalue weighted by atomic mass is 10.0. The van der Waals surface area contributed by atoms with Gasteiger partial charge in [0.05, 0.1) is 12.5 Å². The van der Waals surface area contributed by atoms with Gasteiger partial charge in [0.15, 0.2) is 0 Å². The monoisotopic (exact) mass is 584 g/mol. The maximum Gasteiger partial charge on any atom is 0.326 e. The normalized spacial score (nSPS) is 13.9. The number of primary amides is 1. The molecule has 1 heterocycles. The summed E-state index contributed by atoms with van der Waals surface area (Å²) < 4.78 is 0. The first-order chi connectivity index (χ1) is 19.5. The molecule has 4 atom stereocenters. The standard InChI is InChI=1S/C27H32N6O7S/c28-18(9-14-5-7-16(34)8-6-14)24(36)33-22(13-41)26(38)31-20(25(37)32-21(27(39)40)11-23(29)35)10-15-12-30-19-4-2-1-3-17(15)19/h1-8,12,18,20-22,30,34,41H,9-11,13,28H2,(H2,29,35)(H,31,38)(H,32,37)(H,33,36)(H,39,40). The van der Waals surface area contributed by atoms with Gasteiger partial charge >= 0.3 is 5.97 Å². The summed E-state index contributed by atoms with van der Waals surface area (Å²) in [7, 11) is 0. The number of carbonyl (C=O) groups excluding carboxylic acids is 4. The number of hydrogen-bond donors (Lipinski definition) is 9. The number of hydrogen-bond acceptors (Lipinski definition) is 8. The molecule has 1 aromatic heterocycles. The molecular weight excluding hydrogens is 552 g/mol. The fraction of sp³-hybridized carbons (Fsp3) is 0.296. The van der Waals surface area contributed by atoms with Crippen LogP contribution in [0.25, 0.3) is 10.9 Å². The Bertz CT molecular complexity index is 1410. The molecule has 2 aromatic carbocycles. The molecule has 218 valence electrons. The Kier molecular flexibility index (Phi) is 10.7. The number of carboxylic acid groups (broad SMARTS) is 1. The molecule has 3 rings (SSSR count). The van der Waals surface area contributed by atoms with E-state index >= 15 is 0 Å². The van der Waals surface area contributed by atoms with Crippen LogP contribution in [0.5, 0.6) is 5.75 Å². The molecule has 0 fully saturated rings. The number of aromatic amines is 1. The van der Waals surface area contributed by atoms with E-state index in [4.69, 9.17) is 11.5 Å². The molecule has 0 spiro atoms. The van der Waals surface area contributed by atoms with Crippen LogP contribution in [0.4, 0.5) is 0 Å². The second-order valence-corrected chi connectivity index (χ2v) is 9.78. The zero-order valence-corrected chi connectivity index (χ0v) is 22.8. The summed E-state index contributed by atoms with van der Waals surface area (Å²) in [5.41, 5.74) is 13.3. The van der Waals surface area contributed by atoms with Crippen molar-refractivity contribution in [1.29, 1.82) is 0 Å². The van der Waals surface area contributed by atoms with E-state index < -0.39 is 60.2 Å². The highest BCUT2D eigenvalue weighted by Gasteiger charge is 2.31. The number of aromatic nitrogens is 1. The van der Waals surface area contributed by atoms with E-state index in [1.807, 2.05) is 18.2 Å². The number of para-hydroxylation sites is 1. The van der Waals surface area contributed by atoms with Crippen LogP contribution < -0.4 is 27.4 Å². The molecule has 0 aliphatic rings. The summed E-state index contributed by atoms with van der Waals surface area (Å²) >= 11 is 4.16. The molecule has 0 bridgehead atoms. The predicted molar refractivity (Wildman–Crippen MR) is 153 cm³/mol. The molecule has 4 amide bonds. The number of aromatic hydroxyl groups is 1. The number of aliphatic carboxylic acids is 1. The van der Waals surface area contributed by atoms with Crippen LogP contribution in [0.2, 0.25) is 0 Å². The molecule has 41 heavy (non-hydrogen) atoms. The van der Waals surface area contributed by atoms with Crippen molar-refractivity contribution in [3.63, 3.8) is 0 Å². The van der Waals surface area contributed by atoms with E-state index in [-0.39, 0.29) is 24.3 Å². The third kappa shape index (κ3) is 8.71. The number of phenolic OH excluding ortho intramolecular Hbond substituents is 1. The van der Waals surface area contributed by atoms with Crippen LogP contribution in [0.3, 0.4) is 0 Å². The fourth-order valence-electron chi connectivity index (χ4n) is 4.13. The summed E-state index contributed by atoms with van der Waals surface area (Å²) in [5, 5.41) is 27.0. The second-order valence-electron chi connectivity index (χ2n) is 9.42. The van der Waals surface area contributed by atoms with E-state index in [9.17, 15) is 34.2 Å². The third-order valence-corrected chi connectivity index (χ3v) is 6.66. The molecule has 0 saturated heterocycles. The van der Waals surface area contributed by atoms with Gasteiger partial charge in [0.25, 0.3) is 0 Å². The number of nitrogens with one attached hydrogen (secondary N) is 4. The number of rotatable bonds is 14. The van der Waals surface area contributed by atoms with E-state index in [1.54, 1.807) is 24.4 Å². The van der Waals surface area contributed by atoms with Crippen molar-refractivity contribution in [1.82, 2.24) is 20.9 Å². The van der Waals surface area contributed by atoms with Crippen molar-refractivity contribution >= 4 is 53.1 Å². The highest BCUT2D eigenvalue weighted by atomic mass is 32.1. The molecule has 10 N–H and O–H groups in total. The predicted octanol–water partition coefficient (Wildman–Crippen LogP) is -0.670. The van der Waals surface area contributed by atoms with E-state index in [1.165, 1.54) is 12.1 Å². The highest BCUT2D eigenvalue weighted by Crippen LogP contribution is 2.19. The molecule has 3 aromatic rings. The Hall–Kier alpha value is -4.56. The number of thiol groups is 1. The third-order valence-electron chi connectivity index (χ3n) is 6.30. The summed E-state index contributed by atoms with van der Waals surface area (Å²) in [6.45, 7) is 0. The van der Waals surface area contributed by atoms with Crippen LogP contribution in [-0.4, -0.2) is 74.7 Å². The van der Waals surface area contributed by atoms with E-state index in [0.29, 0.717) is 11.1 Å². The number of amides is 4. The number of H-pyrrole nitrogens is 1. The number of benzene rings is 2. The lowest BCUT2D eigenvalue weighted by Crippen LogP contribution is -2.58. The van der Waals surface area contributed by atoms with Crippen LogP contribution in [0.15, 0.2) is 54.7 Å². The van der Waals surface area contributed by atoms with Gasteiger partial charge in [0, 0.05) is 29.3 Å². The lowest BCUT2D eigenvalue weighted by molar-refractivity contribution is -0.143. The highest BCUT2D eigenvalue weighted by molar-refractivity contribution is 7.80. The molecule has 0 aliphatic carbocycles. The number of fused-ring (bicyclic) bond motifs is 1. The van der Waals surface area contributed by atoms with Crippen LogP contribution in [-0.2, 0) is 36.8 Å². The van der Waals surface area contributed by atoms with E-state index in [0.717, 1.165) is 10.9 Å². The smallest absolute Gasteiger partial charge is 0.326 e. The van der Waals surface area contributed by atoms with Crippen molar-refractivity contribution in [3.8, 4) is 5.75 Å². The van der Waals surface area contributed by atoms with Gasteiger partial charge in [-0.1, -0.05) is 30.3 Å². The van der Waals surface area contributed by atoms with Gasteiger partial charge in [0.1, 0.15) is 23.9 Å². The van der Waals surface area contributed by atoms with Gasteiger partial charge in [0.2, 0.25) is 23.6 Å². The molecule has 0 aliphatic heterocycles. The van der Waals surface area contributed by atoms with Crippen molar-refractivity contribution in [2.75, 3.05) is 5.75 Å². The van der Waals surface area contributed by atoms with E-state index in [2.05, 4.69) is 33.6 Å². The van der Waals surface area contributed by atoms with Gasteiger partial charge < -0.3 is 42.6 Å². The summed E-state index contributed by atoms with van der Waals surface area (Å²) in [5.74, 6) is -4.75. The molecular formula is C27H32N6O7S. The maximum absolute atomic E-state index is 13.2. The Labute approximate surface area is 240 Å². The average molecular weight is 585 g/mol. The second kappa shape index (κ2) is 14.2.